The Morgan fingerprint density at radius 1 is 1.41 bits per heavy atom. The van der Waals surface area contributed by atoms with Gasteiger partial charge in [-0.2, -0.15) is 0 Å². The quantitative estimate of drug-likeness (QED) is 0.771. The average molecular weight is 320 g/mol. The zero-order valence-corrected chi connectivity index (χ0v) is 13.3. The van der Waals surface area contributed by atoms with Crippen molar-refractivity contribution in [3.05, 3.63) is 60.3 Å². The number of hydrogen-bond donors (Lipinski definition) is 0. The second kappa shape index (κ2) is 7.26. The Labute approximate surface area is 133 Å². The Bertz CT molecular complexity index is 626. The summed E-state index contributed by atoms with van der Waals surface area (Å²) in [6.45, 7) is 7.71. The van der Waals surface area contributed by atoms with Gasteiger partial charge in [-0.1, -0.05) is 36.9 Å². The summed E-state index contributed by atoms with van der Waals surface area (Å²) in [5.74, 6) is -0.169. The van der Waals surface area contributed by atoms with Crippen molar-refractivity contribution in [3.8, 4) is 0 Å². The molecule has 6 heteroatoms. The number of thioether (sulfide) groups is 1. The molecular formula is C16H17FN2O2S. The Morgan fingerprint density at radius 3 is 2.73 bits per heavy atom. The molecule has 0 aromatic heterocycles. The highest BCUT2D eigenvalue weighted by atomic mass is 32.2. The molecule has 0 N–H and O–H groups in total. The van der Waals surface area contributed by atoms with E-state index < -0.39 is 11.1 Å². The third kappa shape index (κ3) is 4.21. The standard InChI is InChI=1S/C16H17FN2O2S/c1-11(2)19-9-14(17)15(18-12(19)3)22-16(20)21-10-13-7-5-4-6-8-13/h4-9,11H,3,10H2,1-2H3. The van der Waals surface area contributed by atoms with Gasteiger partial charge in [-0.3, -0.25) is 0 Å². The van der Waals surface area contributed by atoms with Crippen LogP contribution in [-0.4, -0.2) is 21.3 Å². The second-order valence-corrected chi connectivity index (χ2v) is 5.86. The van der Waals surface area contributed by atoms with Crippen molar-refractivity contribution in [1.29, 1.82) is 0 Å². The SMILES string of the molecule is C=C1N=C(SC(=O)OCc2ccccc2)C(F)=CN1C(C)C. The van der Waals surface area contributed by atoms with E-state index in [0.717, 1.165) is 5.56 Å². The van der Waals surface area contributed by atoms with Crippen LogP contribution in [-0.2, 0) is 11.3 Å². The maximum absolute atomic E-state index is 14.0. The number of carbonyl (C=O) groups excluding carboxylic acids is 1. The summed E-state index contributed by atoms with van der Waals surface area (Å²) >= 11 is 0.623. The van der Waals surface area contributed by atoms with Crippen LogP contribution in [0.3, 0.4) is 0 Å². The normalized spacial score (nSPS) is 14.7. The molecule has 0 saturated heterocycles. The van der Waals surface area contributed by atoms with E-state index in [1.54, 1.807) is 4.90 Å². The molecule has 0 spiro atoms. The van der Waals surface area contributed by atoms with Crippen LogP contribution < -0.4 is 0 Å². The first kappa shape index (κ1) is 16.3. The highest BCUT2D eigenvalue weighted by Crippen LogP contribution is 2.26. The molecule has 1 aromatic rings. The molecule has 0 fully saturated rings. The number of hydrogen-bond acceptors (Lipinski definition) is 5. The van der Waals surface area contributed by atoms with Crippen molar-refractivity contribution < 1.29 is 13.9 Å². The highest BCUT2D eigenvalue weighted by Gasteiger charge is 2.23. The van der Waals surface area contributed by atoms with E-state index in [4.69, 9.17) is 4.74 Å². The minimum Gasteiger partial charge on any atom is -0.452 e. The summed E-state index contributed by atoms with van der Waals surface area (Å²) in [6, 6.07) is 9.32. The van der Waals surface area contributed by atoms with Crippen molar-refractivity contribution in [1.82, 2.24) is 4.90 Å². The molecule has 4 nitrogen and oxygen atoms in total. The summed E-state index contributed by atoms with van der Waals surface area (Å²) in [7, 11) is 0. The van der Waals surface area contributed by atoms with Crippen LogP contribution in [0.5, 0.6) is 0 Å². The lowest BCUT2D eigenvalue weighted by atomic mass is 10.2. The van der Waals surface area contributed by atoms with E-state index in [9.17, 15) is 9.18 Å². The van der Waals surface area contributed by atoms with Crippen LogP contribution in [0.25, 0.3) is 0 Å². The zero-order chi connectivity index (χ0) is 16.1. The van der Waals surface area contributed by atoms with Gasteiger partial charge >= 0.3 is 5.30 Å². The van der Waals surface area contributed by atoms with Crippen LogP contribution in [0.2, 0.25) is 0 Å². The van der Waals surface area contributed by atoms with Crippen molar-refractivity contribution in [2.45, 2.75) is 26.5 Å². The summed E-state index contributed by atoms with van der Waals surface area (Å²) in [4.78, 5) is 17.4. The number of aliphatic imine (C=N–C) groups is 1. The summed E-state index contributed by atoms with van der Waals surface area (Å²) in [5, 5.41) is -0.628. The van der Waals surface area contributed by atoms with E-state index >= 15 is 0 Å². The van der Waals surface area contributed by atoms with E-state index in [-0.39, 0.29) is 17.7 Å². The zero-order valence-electron chi connectivity index (χ0n) is 12.5. The molecule has 0 amide bonds. The maximum Gasteiger partial charge on any atom is 0.374 e. The van der Waals surface area contributed by atoms with Crippen LogP contribution in [0.15, 0.2) is 59.8 Å². The Hall–Kier alpha value is -2.08. The van der Waals surface area contributed by atoms with Crippen molar-refractivity contribution in [2.75, 3.05) is 0 Å². The van der Waals surface area contributed by atoms with Crippen molar-refractivity contribution in [2.24, 2.45) is 4.99 Å². The van der Waals surface area contributed by atoms with E-state index in [1.807, 2.05) is 44.2 Å². The molecule has 1 aliphatic rings. The fourth-order valence-corrected chi connectivity index (χ4v) is 2.40. The lowest BCUT2D eigenvalue weighted by Gasteiger charge is -2.27. The van der Waals surface area contributed by atoms with Crippen LogP contribution in [0.4, 0.5) is 9.18 Å². The molecule has 0 aliphatic carbocycles. The largest absolute Gasteiger partial charge is 0.452 e. The average Bonchev–Trinajstić information content (AvgIpc) is 2.49. The molecule has 2 rings (SSSR count). The van der Waals surface area contributed by atoms with Crippen LogP contribution in [0.1, 0.15) is 19.4 Å². The summed E-state index contributed by atoms with van der Waals surface area (Å²) < 4.78 is 19.1. The van der Waals surface area contributed by atoms with E-state index in [2.05, 4.69) is 11.6 Å². The first-order chi connectivity index (χ1) is 10.5. The molecular weight excluding hydrogens is 303 g/mol. The van der Waals surface area contributed by atoms with Crippen molar-refractivity contribution >= 4 is 22.1 Å². The molecule has 0 unspecified atom stereocenters. The molecule has 1 aromatic carbocycles. The number of nitrogens with zero attached hydrogens (tertiary/aromatic N) is 2. The Balaban J connectivity index is 1.93. The third-order valence-electron chi connectivity index (χ3n) is 2.92. The highest BCUT2D eigenvalue weighted by molar-refractivity contribution is 8.26. The van der Waals surface area contributed by atoms with Crippen LogP contribution >= 0.6 is 11.8 Å². The lowest BCUT2D eigenvalue weighted by Crippen LogP contribution is -2.27. The predicted molar refractivity (Wildman–Crippen MR) is 87.0 cm³/mol. The number of carbonyl (C=O) groups is 1. The Kier molecular flexibility index (Phi) is 5.38. The smallest absolute Gasteiger partial charge is 0.374 e. The summed E-state index contributed by atoms with van der Waals surface area (Å²) in [5.41, 5.74) is 0.869. The van der Waals surface area contributed by atoms with Gasteiger partial charge < -0.3 is 9.64 Å². The van der Waals surface area contributed by atoms with Gasteiger partial charge in [0.2, 0.25) is 0 Å². The molecule has 0 saturated carbocycles. The topological polar surface area (TPSA) is 41.9 Å². The molecule has 0 bridgehead atoms. The molecule has 22 heavy (non-hydrogen) atoms. The fourth-order valence-electron chi connectivity index (χ4n) is 1.82. The lowest BCUT2D eigenvalue weighted by molar-refractivity contribution is 0.169. The predicted octanol–water partition coefficient (Wildman–Crippen LogP) is 4.46. The van der Waals surface area contributed by atoms with Gasteiger partial charge in [-0.05, 0) is 19.4 Å². The van der Waals surface area contributed by atoms with Gasteiger partial charge in [0.05, 0.1) is 0 Å². The van der Waals surface area contributed by atoms with Gasteiger partial charge in [0, 0.05) is 24.0 Å². The first-order valence-corrected chi connectivity index (χ1v) is 7.61. The van der Waals surface area contributed by atoms with Crippen molar-refractivity contribution in [3.63, 3.8) is 0 Å². The van der Waals surface area contributed by atoms with Gasteiger partial charge in [-0.25, -0.2) is 14.2 Å². The first-order valence-electron chi connectivity index (χ1n) is 6.79. The molecule has 0 atom stereocenters. The maximum atomic E-state index is 14.0. The molecule has 1 heterocycles. The van der Waals surface area contributed by atoms with Gasteiger partial charge in [0.15, 0.2) is 5.83 Å². The van der Waals surface area contributed by atoms with E-state index in [1.165, 1.54) is 6.20 Å². The number of rotatable bonds is 3. The van der Waals surface area contributed by atoms with Gasteiger partial charge in [0.25, 0.3) is 0 Å². The number of benzene rings is 1. The Morgan fingerprint density at radius 2 is 2.09 bits per heavy atom. The van der Waals surface area contributed by atoms with Gasteiger partial charge in [-0.15, -0.1) is 0 Å². The molecule has 0 radical (unpaired) electrons. The number of halogens is 1. The molecule has 116 valence electrons. The fraction of sp³-hybridized carbons (Fsp3) is 0.250. The summed E-state index contributed by atoms with van der Waals surface area (Å²) in [6.07, 6.45) is 1.30. The van der Waals surface area contributed by atoms with Crippen LogP contribution in [0, 0.1) is 0 Å². The minimum absolute atomic E-state index is 0.0278. The van der Waals surface area contributed by atoms with Gasteiger partial charge in [0.1, 0.15) is 17.5 Å². The van der Waals surface area contributed by atoms with E-state index in [0.29, 0.717) is 17.6 Å². The monoisotopic (exact) mass is 320 g/mol. The second-order valence-electron chi connectivity index (χ2n) is 4.94. The minimum atomic E-state index is -0.600. The third-order valence-corrected chi connectivity index (χ3v) is 3.69. The number of ether oxygens (including phenoxy) is 1. The molecule has 1 aliphatic heterocycles.